The lowest BCUT2D eigenvalue weighted by Gasteiger charge is -2.14. The molecule has 3 aromatic heterocycles. The van der Waals surface area contributed by atoms with Gasteiger partial charge in [-0.25, -0.2) is 9.97 Å². The zero-order chi connectivity index (χ0) is 19.8. The number of aromatic amines is 1. The van der Waals surface area contributed by atoms with Gasteiger partial charge >= 0.3 is 0 Å². The van der Waals surface area contributed by atoms with E-state index >= 15 is 0 Å². The number of aromatic nitrogens is 3. The first-order chi connectivity index (χ1) is 14.2. The molecule has 0 spiro atoms. The Morgan fingerprint density at radius 1 is 1.24 bits per heavy atom. The number of anilines is 1. The molecular weight excluding hydrogens is 382 g/mol. The molecule has 29 heavy (non-hydrogen) atoms. The smallest absolute Gasteiger partial charge is 0.264 e. The van der Waals surface area contributed by atoms with Crippen LogP contribution in [0.3, 0.4) is 0 Å². The van der Waals surface area contributed by atoms with Gasteiger partial charge in [0.1, 0.15) is 17.0 Å². The van der Waals surface area contributed by atoms with E-state index in [1.54, 1.807) is 6.33 Å². The van der Waals surface area contributed by atoms with Gasteiger partial charge in [-0.3, -0.25) is 4.79 Å². The molecule has 148 valence electrons. The molecule has 0 saturated carbocycles. The van der Waals surface area contributed by atoms with Crippen LogP contribution in [0.2, 0.25) is 0 Å². The summed E-state index contributed by atoms with van der Waals surface area (Å²) in [7, 11) is 0. The van der Waals surface area contributed by atoms with Gasteiger partial charge in [0, 0.05) is 36.7 Å². The van der Waals surface area contributed by atoms with Crippen molar-refractivity contribution in [2.24, 2.45) is 0 Å². The maximum Gasteiger partial charge on any atom is 0.264 e. The fourth-order valence-electron chi connectivity index (χ4n) is 4.13. The van der Waals surface area contributed by atoms with Crippen LogP contribution in [0.25, 0.3) is 21.1 Å². The first kappa shape index (κ1) is 18.1. The number of nitrogens with one attached hydrogen (secondary N) is 2. The Balaban J connectivity index is 1.38. The Kier molecular flexibility index (Phi) is 4.67. The van der Waals surface area contributed by atoms with Crippen molar-refractivity contribution in [3.63, 3.8) is 0 Å². The third-order valence-corrected chi connectivity index (χ3v) is 6.86. The van der Waals surface area contributed by atoms with E-state index in [0.717, 1.165) is 70.9 Å². The minimum atomic E-state index is 0.132. The number of para-hydroxylation sites is 1. The molecule has 0 aliphatic carbocycles. The number of aryl methyl sites for hydroxylation is 1. The molecule has 1 aromatic carbocycles. The summed E-state index contributed by atoms with van der Waals surface area (Å²) in [6.07, 6.45) is 6.73. The monoisotopic (exact) mass is 405 g/mol. The number of likely N-dealkylation sites (tertiary alicyclic amines) is 1. The normalized spacial score (nSPS) is 14.2. The number of nitrogens with zero attached hydrogens (tertiary/aromatic N) is 3. The molecule has 0 atom stereocenters. The van der Waals surface area contributed by atoms with Gasteiger partial charge in [-0.15, -0.1) is 11.3 Å². The van der Waals surface area contributed by atoms with E-state index in [2.05, 4.69) is 44.7 Å². The highest BCUT2D eigenvalue weighted by Gasteiger charge is 2.25. The summed E-state index contributed by atoms with van der Waals surface area (Å²) >= 11 is 1.48. The predicted molar refractivity (Wildman–Crippen MR) is 118 cm³/mol. The van der Waals surface area contributed by atoms with Crippen molar-refractivity contribution >= 4 is 44.2 Å². The van der Waals surface area contributed by atoms with Crippen LogP contribution in [0.15, 0.2) is 36.8 Å². The number of amides is 1. The number of carbonyl (C=O) groups excluding carboxylic acids is 1. The van der Waals surface area contributed by atoms with Crippen molar-refractivity contribution in [1.29, 1.82) is 0 Å². The van der Waals surface area contributed by atoms with Crippen LogP contribution in [0, 0.1) is 6.92 Å². The van der Waals surface area contributed by atoms with Crippen LogP contribution >= 0.6 is 11.3 Å². The first-order valence-electron chi connectivity index (χ1n) is 10.0. The van der Waals surface area contributed by atoms with Gasteiger partial charge in [-0.1, -0.05) is 18.2 Å². The molecule has 6 nitrogen and oxygen atoms in total. The molecule has 0 bridgehead atoms. The Bertz CT molecular complexity index is 1190. The second-order valence-corrected chi connectivity index (χ2v) is 8.49. The summed E-state index contributed by atoms with van der Waals surface area (Å²) in [5, 5.41) is 5.70. The van der Waals surface area contributed by atoms with Gasteiger partial charge in [0.2, 0.25) is 0 Å². The molecule has 1 amide bonds. The van der Waals surface area contributed by atoms with Crippen molar-refractivity contribution in [1.82, 2.24) is 19.9 Å². The van der Waals surface area contributed by atoms with Crippen molar-refractivity contribution in [2.75, 3.05) is 25.0 Å². The molecule has 2 N–H and O–H groups in total. The van der Waals surface area contributed by atoms with E-state index in [-0.39, 0.29) is 5.91 Å². The summed E-state index contributed by atoms with van der Waals surface area (Å²) in [6, 6.07) is 8.34. The third kappa shape index (κ3) is 3.25. The van der Waals surface area contributed by atoms with Gasteiger partial charge in [0.05, 0.1) is 10.3 Å². The van der Waals surface area contributed by atoms with E-state index in [9.17, 15) is 4.79 Å². The summed E-state index contributed by atoms with van der Waals surface area (Å²) < 4.78 is 0. The Labute approximate surface area is 173 Å². The van der Waals surface area contributed by atoms with Crippen LogP contribution < -0.4 is 5.32 Å². The van der Waals surface area contributed by atoms with Crippen molar-refractivity contribution in [3.8, 4) is 0 Å². The van der Waals surface area contributed by atoms with E-state index in [4.69, 9.17) is 0 Å². The van der Waals surface area contributed by atoms with Crippen LogP contribution in [0.4, 0.5) is 5.82 Å². The standard InChI is InChI=1S/C22H23N5OS/c1-14-18-20(23-9-8-15-12-24-17-7-3-2-6-16(15)17)25-13-26-21(18)29-19(14)22(28)27-10-4-5-11-27/h2-3,6-7,12-13,24H,4-5,8-11H2,1H3,(H,23,25,26). The summed E-state index contributed by atoms with van der Waals surface area (Å²) in [5.74, 6) is 0.941. The number of H-pyrrole nitrogens is 1. The Morgan fingerprint density at radius 3 is 2.93 bits per heavy atom. The lowest BCUT2D eigenvalue weighted by molar-refractivity contribution is 0.0797. The minimum absolute atomic E-state index is 0.132. The van der Waals surface area contributed by atoms with Crippen LogP contribution in [0.5, 0.6) is 0 Å². The lowest BCUT2D eigenvalue weighted by atomic mass is 10.1. The average molecular weight is 406 g/mol. The van der Waals surface area contributed by atoms with Crippen molar-refractivity contribution in [3.05, 3.63) is 52.8 Å². The molecule has 0 unspecified atom stereocenters. The molecule has 1 aliphatic heterocycles. The van der Waals surface area contributed by atoms with E-state index in [1.807, 2.05) is 17.9 Å². The van der Waals surface area contributed by atoms with E-state index < -0.39 is 0 Å². The zero-order valence-corrected chi connectivity index (χ0v) is 17.2. The summed E-state index contributed by atoms with van der Waals surface area (Å²) in [5.41, 5.74) is 3.42. The largest absolute Gasteiger partial charge is 0.369 e. The number of rotatable bonds is 5. The number of fused-ring (bicyclic) bond motifs is 2. The molecule has 5 rings (SSSR count). The highest BCUT2D eigenvalue weighted by Crippen LogP contribution is 2.34. The van der Waals surface area contributed by atoms with Crippen molar-refractivity contribution < 1.29 is 4.79 Å². The topological polar surface area (TPSA) is 73.9 Å². The summed E-state index contributed by atoms with van der Waals surface area (Å²) in [4.78, 5) is 28.7. The average Bonchev–Trinajstić information content (AvgIpc) is 3.48. The third-order valence-electron chi connectivity index (χ3n) is 5.68. The van der Waals surface area contributed by atoms with E-state index in [1.165, 1.54) is 22.3 Å². The van der Waals surface area contributed by atoms with Gasteiger partial charge in [-0.05, 0) is 43.4 Å². The highest BCUT2D eigenvalue weighted by molar-refractivity contribution is 7.20. The Morgan fingerprint density at radius 2 is 2.07 bits per heavy atom. The van der Waals surface area contributed by atoms with Crippen LogP contribution in [-0.2, 0) is 6.42 Å². The van der Waals surface area contributed by atoms with Crippen molar-refractivity contribution in [2.45, 2.75) is 26.2 Å². The molecule has 1 saturated heterocycles. The fraction of sp³-hybridized carbons (Fsp3) is 0.318. The second-order valence-electron chi connectivity index (χ2n) is 7.49. The lowest BCUT2D eigenvalue weighted by Crippen LogP contribution is -2.27. The molecule has 4 heterocycles. The van der Waals surface area contributed by atoms with Gasteiger partial charge in [-0.2, -0.15) is 0 Å². The molecule has 1 fully saturated rings. The van der Waals surface area contributed by atoms with E-state index in [0.29, 0.717) is 0 Å². The summed E-state index contributed by atoms with van der Waals surface area (Å²) in [6.45, 7) is 4.48. The molecule has 1 aliphatic rings. The number of thiophene rings is 1. The molecular formula is C22H23N5OS. The van der Waals surface area contributed by atoms with Crippen LogP contribution in [0.1, 0.15) is 33.6 Å². The van der Waals surface area contributed by atoms with Gasteiger partial charge < -0.3 is 15.2 Å². The Hall–Kier alpha value is -2.93. The molecule has 0 radical (unpaired) electrons. The predicted octanol–water partition coefficient (Wildman–Crippen LogP) is 4.37. The maximum atomic E-state index is 12.9. The maximum absolute atomic E-state index is 12.9. The van der Waals surface area contributed by atoms with Gasteiger partial charge in [0.15, 0.2) is 0 Å². The minimum Gasteiger partial charge on any atom is -0.369 e. The van der Waals surface area contributed by atoms with Gasteiger partial charge in [0.25, 0.3) is 5.91 Å². The molecule has 7 heteroatoms. The number of carbonyl (C=O) groups is 1. The highest BCUT2D eigenvalue weighted by atomic mass is 32.1. The van der Waals surface area contributed by atoms with Crippen LogP contribution in [-0.4, -0.2) is 45.4 Å². The fourth-order valence-corrected chi connectivity index (χ4v) is 5.24. The zero-order valence-electron chi connectivity index (χ0n) is 16.4. The quantitative estimate of drug-likeness (QED) is 0.517. The second kappa shape index (κ2) is 7.48. The number of benzene rings is 1. The number of hydrogen-bond acceptors (Lipinski definition) is 5. The molecule has 4 aromatic rings. The SMILES string of the molecule is Cc1c(C(=O)N2CCCC2)sc2ncnc(NCCc3c[nH]c4ccccc34)c12. The number of hydrogen-bond donors (Lipinski definition) is 2. The first-order valence-corrected chi connectivity index (χ1v) is 10.9.